The van der Waals surface area contributed by atoms with Gasteiger partial charge in [0, 0.05) is 19.5 Å². The fourth-order valence-corrected chi connectivity index (χ4v) is 2.48. The van der Waals surface area contributed by atoms with Crippen molar-refractivity contribution in [2.45, 2.75) is 33.1 Å². The Hall–Kier alpha value is -1.95. The number of ether oxygens (including phenoxy) is 1. The molecule has 1 aliphatic heterocycles. The van der Waals surface area contributed by atoms with Crippen molar-refractivity contribution in [3.8, 4) is 18.1 Å². The van der Waals surface area contributed by atoms with Gasteiger partial charge in [0.25, 0.3) is 0 Å². The molecule has 0 aliphatic carbocycles. The number of terminal acetylenes is 1. The van der Waals surface area contributed by atoms with E-state index in [0.29, 0.717) is 11.7 Å². The standard InChI is InChI=1S/C17H21NO2/c1-4-6-15-9-11-18(12-10-15)17(19)20-16-8-5-7-13(2)14(16)3/h1,5,7-8,15H,6,9-12H2,2-3H3. The molecule has 1 heterocycles. The molecule has 0 unspecified atom stereocenters. The van der Waals surface area contributed by atoms with Gasteiger partial charge in [-0.25, -0.2) is 4.79 Å². The van der Waals surface area contributed by atoms with Gasteiger partial charge >= 0.3 is 6.09 Å². The number of aryl methyl sites for hydroxylation is 1. The Morgan fingerprint density at radius 2 is 2.10 bits per heavy atom. The van der Waals surface area contributed by atoms with E-state index in [0.717, 1.165) is 43.5 Å². The molecule has 1 saturated heterocycles. The summed E-state index contributed by atoms with van der Waals surface area (Å²) >= 11 is 0. The molecule has 1 aliphatic rings. The molecule has 0 N–H and O–H groups in total. The second-order valence-corrected chi connectivity index (χ2v) is 5.40. The molecule has 0 atom stereocenters. The maximum atomic E-state index is 12.2. The molecule has 2 rings (SSSR count). The number of nitrogens with zero attached hydrogens (tertiary/aromatic N) is 1. The lowest BCUT2D eigenvalue weighted by Gasteiger charge is -2.30. The Morgan fingerprint density at radius 1 is 1.40 bits per heavy atom. The molecule has 20 heavy (non-hydrogen) atoms. The summed E-state index contributed by atoms with van der Waals surface area (Å²) in [5.41, 5.74) is 2.14. The maximum Gasteiger partial charge on any atom is 0.415 e. The monoisotopic (exact) mass is 271 g/mol. The summed E-state index contributed by atoms with van der Waals surface area (Å²) in [5, 5.41) is 0. The molecule has 1 amide bonds. The lowest BCUT2D eigenvalue weighted by atomic mass is 9.94. The smallest absolute Gasteiger partial charge is 0.410 e. The van der Waals surface area contributed by atoms with Crippen molar-refractivity contribution in [1.82, 2.24) is 4.90 Å². The Bertz CT molecular complexity index is 522. The lowest BCUT2D eigenvalue weighted by Crippen LogP contribution is -2.40. The second kappa shape index (κ2) is 6.47. The molecule has 1 fully saturated rings. The Labute approximate surface area is 120 Å². The lowest BCUT2D eigenvalue weighted by molar-refractivity contribution is 0.131. The van der Waals surface area contributed by atoms with Crippen LogP contribution in [0.2, 0.25) is 0 Å². The maximum absolute atomic E-state index is 12.2. The minimum atomic E-state index is -0.252. The number of hydrogen-bond acceptors (Lipinski definition) is 2. The molecule has 1 aromatic carbocycles. The van der Waals surface area contributed by atoms with E-state index in [-0.39, 0.29) is 6.09 Å². The third-order valence-electron chi connectivity index (χ3n) is 4.03. The fourth-order valence-electron chi connectivity index (χ4n) is 2.48. The molecular formula is C17H21NO2. The predicted molar refractivity (Wildman–Crippen MR) is 79.7 cm³/mol. The number of piperidine rings is 1. The first-order valence-electron chi connectivity index (χ1n) is 7.08. The van der Waals surface area contributed by atoms with Crippen LogP contribution in [-0.4, -0.2) is 24.1 Å². The van der Waals surface area contributed by atoms with Crippen molar-refractivity contribution in [1.29, 1.82) is 0 Å². The van der Waals surface area contributed by atoms with E-state index in [9.17, 15) is 4.79 Å². The average molecular weight is 271 g/mol. The van der Waals surface area contributed by atoms with Crippen LogP contribution >= 0.6 is 0 Å². The van der Waals surface area contributed by atoms with Gasteiger partial charge < -0.3 is 9.64 Å². The van der Waals surface area contributed by atoms with Crippen LogP contribution in [-0.2, 0) is 0 Å². The van der Waals surface area contributed by atoms with Gasteiger partial charge in [-0.1, -0.05) is 12.1 Å². The molecular weight excluding hydrogens is 250 g/mol. The summed E-state index contributed by atoms with van der Waals surface area (Å²) < 4.78 is 5.51. The van der Waals surface area contributed by atoms with Gasteiger partial charge in [0.1, 0.15) is 5.75 Å². The number of carbonyl (C=O) groups excluding carboxylic acids is 1. The fraction of sp³-hybridized carbons (Fsp3) is 0.471. The van der Waals surface area contributed by atoms with Gasteiger partial charge in [0.2, 0.25) is 0 Å². The minimum absolute atomic E-state index is 0.252. The van der Waals surface area contributed by atoms with Crippen LogP contribution in [0, 0.1) is 32.1 Å². The van der Waals surface area contributed by atoms with Gasteiger partial charge in [-0.2, -0.15) is 0 Å². The first-order chi connectivity index (χ1) is 9.61. The Morgan fingerprint density at radius 3 is 2.75 bits per heavy atom. The second-order valence-electron chi connectivity index (χ2n) is 5.40. The van der Waals surface area contributed by atoms with Crippen molar-refractivity contribution in [2.75, 3.05) is 13.1 Å². The van der Waals surface area contributed by atoms with Crippen LogP contribution in [0.25, 0.3) is 0 Å². The highest BCUT2D eigenvalue weighted by Crippen LogP contribution is 2.24. The van der Waals surface area contributed by atoms with Gasteiger partial charge in [0.15, 0.2) is 0 Å². The summed E-state index contributed by atoms with van der Waals surface area (Å²) in [7, 11) is 0. The van der Waals surface area contributed by atoms with Crippen LogP contribution in [0.1, 0.15) is 30.4 Å². The van der Waals surface area contributed by atoms with Crippen LogP contribution in [0.5, 0.6) is 5.75 Å². The quantitative estimate of drug-likeness (QED) is 0.770. The average Bonchev–Trinajstić information content (AvgIpc) is 2.45. The summed E-state index contributed by atoms with van der Waals surface area (Å²) in [5.74, 6) is 3.90. The van der Waals surface area contributed by atoms with E-state index in [1.54, 1.807) is 4.90 Å². The molecule has 0 radical (unpaired) electrons. The van der Waals surface area contributed by atoms with Crippen molar-refractivity contribution in [3.05, 3.63) is 29.3 Å². The van der Waals surface area contributed by atoms with Gasteiger partial charge in [0.05, 0.1) is 0 Å². The largest absolute Gasteiger partial charge is 0.415 e. The summed E-state index contributed by atoms with van der Waals surface area (Å²) in [6, 6.07) is 5.76. The SMILES string of the molecule is C#CCC1CCN(C(=O)Oc2cccc(C)c2C)CC1. The van der Waals surface area contributed by atoms with Crippen LogP contribution < -0.4 is 4.74 Å². The highest BCUT2D eigenvalue weighted by Gasteiger charge is 2.23. The van der Waals surface area contributed by atoms with Crippen molar-refractivity contribution in [2.24, 2.45) is 5.92 Å². The topological polar surface area (TPSA) is 29.5 Å². The van der Waals surface area contributed by atoms with Gasteiger partial charge in [-0.3, -0.25) is 0 Å². The molecule has 0 saturated carbocycles. The van der Waals surface area contributed by atoms with E-state index in [4.69, 9.17) is 11.2 Å². The number of hydrogen-bond donors (Lipinski definition) is 0. The first-order valence-corrected chi connectivity index (χ1v) is 7.08. The Balaban J connectivity index is 1.93. The van der Waals surface area contributed by atoms with Crippen molar-refractivity contribution >= 4 is 6.09 Å². The molecule has 3 heteroatoms. The molecule has 0 bridgehead atoms. The molecule has 106 valence electrons. The molecule has 3 nitrogen and oxygen atoms in total. The van der Waals surface area contributed by atoms with E-state index < -0.39 is 0 Å². The van der Waals surface area contributed by atoms with E-state index in [2.05, 4.69) is 5.92 Å². The zero-order valence-corrected chi connectivity index (χ0v) is 12.2. The number of carbonyl (C=O) groups is 1. The first kappa shape index (κ1) is 14.5. The summed E-state index contributed by atoms with van der Waals surface area (Å²) in [4.78, 5) is 13.9. The normalized spacial score (nSPS) is 15.8. The third-order valence-corrected chi connectivity index (χ3v) is 4.03. The zero-order chi connectivity index (χ0) is 14.5. The number of rotatable bonds is 2. The number of amides is 1. The van der Waals surface area contributed by atoms with E-state index in [1.165, 1.54) is 0 Å². The van der Waals surface area contributed by atoms with Crippen LogP contribution in [0.15, 0.2) is 18.2 Å². The Kier molecular flexibility index (Phi) is 4.68. The zero-order valence-electron chi connectivity index (χ0n) is 12.2. The summed E-state index contributed by atoms with van der Waals surface area (Å²) in [6.45, 7) is 5.45. The third kappa shape index (κ3) is 3.33. The summed E-state index contributed by atoms with van der Waals surface area (Å²) in [6.07, 6.45) is 7.81. The van der Waals surface area contributed by atoms with Crippen molar-refractivity contribution in [3.63, 3.8) is 0 Å². The van der Waals surface area contributed by atoms with E-state index >= 15 is 0 Å². The number of likely N-dealkylation sites (tertiary alicyclic amines) is 1. The highest BCUT2D eigenvalue weighted by atomic mass is 16.6. The van der Waals surface area contributed by atoms with Crippen LogP contribution in [0.3, 0.4) is 0 Å². The predicted octanol–water partition coefficient (Wildman–Crippen LogP) is 3.54. The van der Waals surface area contributed by atoms with Gasteiger partial charge in [-0.05, 0) is 49.8 Å². The minimum Gasteiger partial charge on any atom is -0.410 e. The van der Waals surface area contributed by atoms with Gasteiger partial charge in [-0.15, -0.1) is 12.3 Å². The molecule has 1 aromatic rings. The van der Waals surface area contributed by atoms with Crippen molar-refractivity contribution < 1.29 is 9.53 Å². The van der Waals surface area contributed by atoms with E-state index in [1.807, 2.05) is 32.0 Å². The number of benzene rings is 1. The highest BCUT2D eigenvalue weighted by molar-refractivity contribution is 5.71. The molecule has 0 aromatic heterocycles. The molecule has 0 spiro atoms. The van der Waals surface area contributed by atoms with Crippen LogP contribution in [0.4, 0.5) is 4.79 Å².